The zero-order valence-electron chi connectivity index (χ0n) is 31.6. The molecule has 11 atom stereocenters. The van der Waals surface area contributed by atoms with Gasteiger partial charge >= 0.3 is 11.9 Å². The minimum Gasteiger partial charge on any atom is -0.469 e. The van der Waals surface area contributed by atoms with Gasteiger partial charge in [-0.25, -0.2) is 4.79 Å². The summed E-state index contributed by atoms with van der Waals surface area (Å²) < 4.78 is 5.54. The average molecular weight is 687 g/mol. The topological polar surface area (TPSA) is 102 Å². The molecule has 7 aliphatic carbocycles. The SMILES string of the molecule is COC(=O)[C@@]12CCC(C)(C)CC1C1=CCC3[C@]4(C)CC/C(=N\OC(=O)CN5C(=O)C6C7C=CC(C7)C6C5=O)C(C)(C)C4CC[C@]3(C)[C@@]1(C)CC2. The van der Waals surface area contributed by atoms with Crippen molar-refractivity contribution in [3.05, 3.63) is 23.8 Å². The maximum Gasteiger partial charge on any atom is 0.354 e. The molecule has 1 saturated heterocycles. The number of amides is 2. The van der Waals surface area contributed by atoms with E-state index in [1.165, 1.54) is 5.57 Å². The average Bonchev–Trinajstić information content (AvgIpc) is 3.74. The van der Waals surface area contributed by atoms with Crippen LogP contribution < -0.4 is 0 Å². The molecule has 0 aromatic carbocycles. The Morgan fingerprint density at radius 2 is 1.54 bits per heavy atom. The van der Waals surface area contributed by atoms with Gasteiger partial charge in [0.05, 0.1) is 30.1 Å². The number of fused-ring (bicyclic) bond motifs is 12. The normalized spacial score (nSPS) is 47.1. The number of imide groups is 1. The monoisotopic (exact) mass is 686 g/mol. The summed E-state index contributed by atoms with van der Waals surface area (Å²) in [6, 6.07) is 0. The van der Waals surface area contributed by atoms with E-state index in [0.717, 1.165) is 81.2 Å². The fraction of sp³-hybridized carbons (Fsp3) is 0.786. The third-order valence-corrected chi connectivity index (χ3v) is 17.1. The molecule has 2 amide bonds. The first-order valence-corrected chi connectivity index (χ1v) is 19.5. The number of carbonyl (C=O) groups is 4. The van der Waals surface area contributed by atoms with E-state index in [2.05, 4.69) is 71.8 Å². The van der Waals surface area contributed by atoms with Gasteiger partial charge in [-0.15, -0.1) is 0 Å². The van der Waals surface area contributed by atoms with Gasteiger partial charge in [0.25, 0.3) is 0 Å². The molecule has 1 aliphatic heterocycles. The second-order valence-corrected chi connectivity index (χ2v) is 19.8. The number of hydrogen-bond acceptors (Lipinski definition) is 7. The molecule has 8 aliphatic rings. The molecule has 8 rings (SSSR count). The van der Waals surface area contributed by atoms with E-state index in [0.29, 0.717) is 11.8 Å². The number of hydrogen-bond donors (Lipinski definition) is 0. The standard InChI is InChI=1S/C42H58N2O6/c1-37(2)17-19-42(36(48)49-8)20-18-40(6)26(27(42)22-37)11-12-29-39(5)15-14-30(38(3,4)28(39)13-16-41(29,40)7)43-50-31(45)23-44-34(46)32-24-9-10-25(21-24)33(32)35(44)47/h9-11,24-25,27-29,32-33H,12-23H2,1-8H3/b43-30+/t24?,25?,27?,28?,29?,32?,33?,39-,40+,41+,42-/m1/s1. The van der Waals surface area contributed by atoms with Crippen molar-refractivity contribution in [2.45, 2.75) is 119 Å². The summed E-state index contributed by atoms with van der Waals surface area (Å²) in [5.74, 6) is -0.466. The summed E-state index contributed by atoms with van der Waals surface area (Å²) >= 11 is 0. The Kier molecular flexibility index (Phi) is 7.47. The molecule has 2 bridgehead atoms. The summed E-state index contributed by atoms with van der Waals surface area (Å²) in [6.45, 7) is 16.5. The van der Waals surface area contributed by atoms with E-state index in [9.17, 15) is 19.2 Å². The lowest BCUT2D eigenvalue weighted by molar-refractivity contribution is -0.181. The van der Waals surface area contributed by atoms with Gasteiger partial charge in [-0.2, -0.15) is 0 Å². The number of allylic oxidation sites excluding steroid dienone is 4. The molecule has 1 heterocycles. The molecule has 8 heteroatoms. The number of methoxy groups -OCH3 is 1. The lowest BCUT2D eigenvalue weighted by Crippen LogP contribution is -2.64. The summed E-state index contributed by atoms with van der Waals surface area (Å²) in [4.78, 5) is 59.6. The van der Waals surface area contributed by atoms with Gasteiger partial charge < -0.3 is 9.57 Å². The Morgan fingerprint density at radius 3 is 2.20 bits per heavy atom. The van der Waals surface area contributed by atoms with Crippen LogP contribution in [-0.4, -0.2) is 48.0 Å². The largest absolute Gasteiger partial charge is 0.469 e. The van der Waals surface area contributed by atoms with Crippen molar-refractivity contribution in [3.8, 4) is 0 Å². The fourth-order valence-corrected chi connectivity index (χ4v) is 14.2. The molecule has 8 nitrogen and oxygen atoms in total. The van der Waals surface area contributed by atoms with Crippen molar-refractivity contribution in [2.24, 2.45) is 79.1 Å². The Morgan fingerprint density at radius 1 is 0.880 bits per heavy atom. The van der Waals surface area contributed by atoms with Crippen LogP contribution in [0.25, 0.3) is 0 Å². The van der Waals surface area contributed by atoms with Crippen LogP contribution in [0.2, 0.25) is 0 Å². The first-order chi connectivity index (χ1) is 23.4. The van der Waals surface area contributed by atoms with E-state index in [4.69, 9.17) is 9.57 Å². The van der Waals surface area contributed by atoms with Crippen LogP contribution in [0.3, 0.4) is 0 Å². The molecule has 0 aromatic heterocycles. The molecular formula is C42H58N2O6. The van der Waals surface area contributed by atoms with E-state index in [1.54, 1.807) is 7.11 Å². The molecule has 50 heavy (non-hydrogen) atoms. The summed E-state index contributed by atoms with van der Waals surface area (Å²) in [5, 5.41) is 4.51. The van der Waals surface area contributed by atoms with Crippen LogP contribution >= 0.6 is 0 Å². The van der Waals surface area contributed by atoms with Gasteiger partial charge in [-0.05, 0) is 122 Å². The number of carbonyl (C=O) groups excluding carboxylic acids is 4. The minimum atomic E-state index is -0.649. The summed E-state index contributed by atoms with van der Waals surface area (Å²) in [6.07, 6.45) is 17.4. The second kappa shape index (κ2) is 10.9. The Labute approximate surface area is 298 Å². The lowest BCUT2D eigenvalue weighted by atomic mass is 9.33. The number of rotatable bonds is 4. The highest BCUT2D eigenvalue weighted by Gasteiger charge is 2.69. The third kappa shape index (κ3) is 4.37. The van der Waals surface area contributed by atoms with Gasteiger partial charge in [0, 0.05) is 5.41 Å². The van der Waals surface area contributed by atoms with Crippen molar-refractivity contribution < 1.29 is 28.8 Å². The molecule has 0 spiro atoms. The zero-order chi connectivity index (χ0) is 35.8. The first-order valence-electron chi connectivity index (χ1n) is 19.5. The fourth-order valence-electron chi connectivity index (χ4n) is 14.2. The molecule has 272 valence electrons. The maximum absolute atomic E-state index is 13.6. The van der Waals surface area contributed by atoms with Crippen LogP contribution in [0.4, 0.5) is 0 Å². The molecule has 6 fully saturated rings. The molecule has 7 unspecified atom stereocenters. The van der Waals surface area contributed by atoms with Crippen molar-refractivity contribution in [1.29, 1.82) is 0 Å². The van der Waals surface area contributed by atoms with Gasteiger partial charge in [0.1, 0.15) is 6.54 Å². The molecule has 0 radical (unpaired) electrons. The predicted octanol–water partition coefficient (Wildman–Crippen LogP) is 7.67. The third-order valence-electron chi connectivity index (χ3n) is 17.1. The van der Waals surface area contributed by atoms with E-state index in [-0.39, 0.29) is 81.0 Å². The maximum atomic E-state index is 13.6. The van der Waals surface area contributed by atoms with Crippen LogP contribution in [0.5, 0.6) is 0 Å². The summed E-state index contributed by atoms with van der Waals surface area (Å²) in [5.41, 5.74) is 2.16. The smallest absolute Gasteiger partial charge is 0.354 e. The minimum absolute atomic E-state index is 0.00386. The Balaban J connectivity index is 1.01. The predicted molar refractivity (Wildman–Crippen MR) is 189 cm³/mol. The van der Waals surface area contributed by atoms with Crippen molar-refractivity contribution in [3.63, 3.8) is 0 Å². The number of nitrogens with zero attached hydrogens (tertiary/aromatic N) is 2. The van der Waals surface area contributed by atoms with E-state index < -0.39 is 11.4 Å². The molecule has 5 saturated carbocycles. The van der Waals surface area contributed by atoms with E-state index >= 15 is 0 Å². The number of ether oxygens (including phenoxy) is 1. The quantitative estimate of drug-likeness (QED) is 0.0989. The van der Waals surface area contributed by atoms with Gasteiger partial charge in [0.2, 0.25) is 11.8 Å². The number of likely N-dealkylation sites (tertiary alicyclic amines) is 1. The van der Waals surface area contributed by atoms with Gasteiger partial charge in [-0.1, -0.05) is 77.4 Å². The van der Waals surface area contributed by atoms with Crippen molar-refractivity contribution in [1.82, 2.24) is 4.90 Å². The lowest BCUT2D eigenvalue weighted by Gasteiger charge is -2.70. The van der Waals surface area contributed by atoms with Gasteiger partial charge in [0.15, 0.2) is 0 Å². The zero-order valence-corrected chi connectivity index (χ0v) is 31.6. The van der Waals surface area contributed by atoms with Crippen molar-refractivity contribution >= 4 is 29.5 Å². The molecular weight excluding hydrogens is 628 g/mol. The Bertz CT molecular complexity index is 1610. The van der Waals surface area contributed by atoms with Crippen LogP contribution in [0, 0.1) is 73.9 Å². The van der Waals surface area contributed by atoms with E-state index in [1.807, 2.05) is 0 Å². The molecule has 0 aromatic rings. The van der Waals surface area contributed by atoms with Gasteiger partial charge in [-0.3, -0.25) is 19.3 Å². The first kappa shape index (κ1) is 34.3. The van der Waals surface area contributed by atoms with Crippen molar-refractivity contribution in [2.75, 3.05) is 13.7 Å². The second-order valence-electron chi connectivity index (χ2n) is 19.8. The van der Waals surface area contributed by atoms with Crippen LogP contribution in [-0.2, 0) is 28.8 Å². The number of oxime groups is 1. The van der Waals surface area contributed by atoms with Crippen LogP contribution in [0.1, 0.15) is 119 Å². The Hall–Kier alpha value is -2.77. The summed E-state index contributed by atoms with van der Waals surface area (Å²) in [7, 11) is 1.57. The highest BCUT2D eigenvalue weighted by molar-refractivity contribution is 6.08. The number of esters is 1. The highest BCUT2D eigenvalue weighted by Crippen LogP contribution is 2.75. The molecule has 0 N–H and O–H groups in total. The van der Waals surface area contributed by atoms with Crippen LogP contribution in [0.15, 0.2) is 29.0 Å². The highest BCUT2D eigenvalue weighted by atomic mass is 16.7.